The topological polar surface area (TPSA) is 30.5 Å². The van der Waals surface area contributed by atoms with E-state index in [4.69, 9.17) is 21.1 Å². The normalized spacial score (nSPS) is 10.5. The number of hydrogen-bond acceptors (Lipinski definition) is 3. The predicted octanol–water partition coefficient (Wildman–Crippen LogP) is 4.51. The molecule has 0 spiro atoms. The summed E-state index contributed by atoms with van der Waals surface area (Å²) in [4.78, 5) is 0. The standard InChI is InChI=1S/C17H19ClFNO2/c1-2-21-8-9-22-15-5-3-4-13(10-15)12-20-14-6-7-17(19)16(18)11-14/h3-7,10-11,20H,2,8-9,12H2,1H3. The quantitative estimate of drug-likeness (QED) is 0.725. The molecule has 0 amide bonds. The second-order valence-electron chi connectivity index (χ2n) is 4.68. The minimum atomic E-state index is -0.420. The zero-order chi connectivity index (χ0) is 15.8. The van der Waals surface area contributed by atoms with Gasteiger partial charge >= 0.3 is 0 Å². The maximum atomic E-state index is 13.1. The number of halogens is 2. The van der Waals surface area contributed by atoms with Gasteiger partial charge in [-0.05, 0) is 42.8 Å². The highest BCUT2D eigenvalue weighted by Crippen LogP contribution is 2.20. The molecular weight excluding hydrogens is 305 g/mol. The Morgan fingerprint density at radius 3 is 2.77 bits per heavy atom. The van der Waals surface area contributed by atoms with E-state index in [1.807, 2.05) is 31.2 Å². The first kappa shape index (κ1) is 16.6. The Hall–Kier alpha value is -1.78. The summed E-state index contributed by atoms with van der Waals surface area (Å²) in [6.07, 6.45) is 0. The molecule has 0 fully saturated rings. The van der Waals surface area contributed by atoms with Crippen molar-refractivity contribution in [3.8, 4) is 5.75 Å². The van der Waals surface area contributed by atoms with Crippen LogP contribution in [0.3, 0.4) is 0 Å². The average molecular weight is 324 g/mol. The molecule has 0 bridgehead atoms. The molecule has 1 N–H and O–H groups in total. The highest BCUT2D eigenvalue weighted by molar-refractivity contribution is 6.31. The molecule has 2 aromatic rings. The number of hydrogen-bond donors (Lipinski definition) is 1. The van der Waals surface area contributed by atoms with Crippen LogP contribution in [0.5, 0.6) is 5.75 Å². The Morgan fingerprint density at radius 1 is 1.14 bits per heavy atom. The van der Waals surface area contributed by atoms with Gasteiger partial charge in [0, 0.05) is 18.8 Å². The van der Waals surface area contributed by atoms with Crippen LogP contribution in [-0.2, 0) is 11.3 Å². The number of ether oxygens (including phenoxy) is 2. The minimum absolute atomic E-state index is 0.109. The van der Waals surface area contributed by atoms with Crippen LogP contribution >= 0.6 is 11.6 Å². The fraction of sp³-hybridized carbons (Fsp3) is 0.294. The van der Waals surface area contributed by atoms with Gasteiger partial charge in [0.1, 0.15) is 18.2 Å². The Kier molecular flexibility index (Phi) is 6.49. The zero-order valence-electron chi connectivity index (χ0n) is 12.4. The fourth-order valence-electron chi connectivity index (χ4n) is 1.92. The molecule has 0 aromatic heterocycles. The van der Waals surface area contributed by atoms with E-state index in [0.29, 0.717) is 26.4 Å². The van der Waals surface area contributed by atoms with Crippen LogP contribution in [0, 0.1) is 5.82 Å². The molecule has 0 aliphatic rings. The van der Waals surface area contributed by atoms with Crippen molar-refractivity contribution in [3.05, 3.63) is 58.9 Å². The third-order valence-electron chi connectivity index (χ3n) is 3.02. The number of rotatable bonds is 8. The van der Waals surface area contributed by atoms with Gasteiger partial charge in [-0.15, -0.1) is 0 Å². The first-order valence-electron chi connectivity index (χ1n) is 7.17. The van der Waals surface area contributed by atoms with Crippen LogP contribution in [-0.4, -0.2) is 19.8 Å². The van der Waals surface area contributed by atoms with E-state index in [-0.39, 0.29) is 5.02 Å². The zero-order valence-corrected chi connectivity index (χ0v) is 13.2. The number of nitrogens with one attached hydrogen (secondary N) is 1. The molecule has 0 radical (unpaired) electrons. The fourth-order valence-corrected chi connectivity index (χ4v) is 2.10. The van der Waals surface area contributed by atoms with Crippen LogP contribution in [0.25, 0.3) is 0 Å². The van der Waals surface area contributed by atoms with E-state index in [1.54, 1.807) is 12.1 Å². The Labute approximate surface area is 135 Å². The van der Waals surface area contributed by atoms with Gasteiger partial charge in [0.2, 0.25) is 0 Å². The largest absolute Gasteiger partial charge is 0.491 e. The SMILES string of the molecule is CCOCCOc1cccc(CNc2ccc(F)c(Cl)c2)c1. The summed E-state index contributed by atoms with van der Waals surface area (Å²) in [5.74, 6) is 0.382. The van der Waals surface area contributed by atoms with Crippen LogP contribution in [0.1, 0.15) is 12.5 Å². The minimum Gasteiger partial charge on any atom is -0.491 e. The summed E-state index contributed by atoms with van der Waals surface area (Å²) in [7, 11) is 0. The molecule has 0 unspecified atom stereocenters. The number of anilines is 1. The van der Waals surface area contributed by atoms with Crippen LogP contribution in [0.15, 0.2) is 42.5 Å². The molecule has 5 heteroatoms. The molecular formula is C17H19ClFNO2. The van der Waals surface area contributed by atoms with Crippen LogP contribution in [0.4, 0.5) is 10.1 Å². The maximum absolute atomic E-state index is 13.1. The average Bonchev–Trinajstić information content (AvgIpc) is 2.53. The van der Waals surface area contributed by atoms with Crippen molar-refractivity contribution in [1.29, 1.82) is 0 Å². The molecule has 0 saturated heterocycles. The highest BCUT2D eigenvalue weighted by atomic mass is 35.5. The molecule has 0 atom stereocenters. The van der Waals surface area contributed by atoms with Gasteiger partial charge < -0.3 is 14.8 Å². The molecule has 118 valence electrons. The summed E-state index contributed by atoms with van der Waals surface area (Å²) in [6.45, 7) is 4.34. The Balaban J connectivity index is 1.88. The van der Waals surface area contributed by atoms with Gasteiger partial charge in [0.15, 0.2) is 0 Å². The molecule has 2 rings (SSSR count). The number of benzene rings is 2. The van der Waals surface area contributed by atoms with E-state index in [2.05, 4.69) is 5.32 Å². The lowest BCUT2D eigenvalue weighted by Crippen LogP contribution is -2.06. The van der Waals surface area contributed by atoms with Gasteiger partial charge in [-0.3, -0.25) is 0 Å². The van der Waals surface area contributed by atoms with E-state index in [9.17, 15) is 4.39 Å². The first-order valence-corrected chi connectivity index (χ1v) is 7.55. The van der Waals surface area contributed by atoms with Gasteiger partial charge in [-0.25, -0.2) is 4.39 Å². The lowest BCUT2D eigenvalue weighted by atomic mass is 10.2. The molecule has 22 heavy (non-hydrogen) atoms. The van der Waals surface area contributed by atoms with E-state index in [1.165, 1.54) is 6.07 Å². The summed E-state index contributed by atoms with van der Waals surface area (Å²) >= 11 is 5.76. The molecule has 0 heterocycles. The van der Waals surface area contributed by atoms with Crippen molar-refractivity contribution >= 4 is 17.3 Å². The predicted molar refractivity (Wildman–Crippen MR) is 87.2 cm³/mol. The second-order valence-corrected chi connectivity index (χ2v) is 5.08. The third-order valence-corrected chi connectivity index (χ3v) is 3.30. The molecule has 3 nitrogen and oxygen atoms in total. The van der Waals surface area contributed by atoms with Crippen LogP contribution in [0.2, 0.25) is 5.02 Å². The van der Waals surface area contributed by atoms with Crippen molar-refractivity contribution in [1.82, 2.24) is 0 Å². The smallest absolute Gasteiger partial charge is 0.141 e. The van der Waals surface area contributed by atoms with Crippen molar-refractivity contribution in [2.24, 2.45) is 0 Å². The Bertz CT molecular complexity index is 607. The van der Waals surface area contributed by atoms with Crippen molar-refractivity contribution in [2.45, 2.75) is 13.5 Å². The summed E-state index contributed by atoms with van der Waals surface area (Å²) in [5, 5.41) is 3.31. The van der Waals surface area contributed by atoms with Gasteiger partial charge in [0.25, 0.3) is 0 Å². The van der Waals surface area contributed by atoms with Crippen LogP contribution < -0.4 is 10.1 Å². The first-order chi connectivity index (χ1) is 10.7. The Morgan fingerprint density at radius 2 is 2.00 bits per heavy atom. The summed E-state index contributed by atoms with van der Waals surface area (Å²) in [6, 6.07) is 12.4. The van der Waals surface area contributed by atoms with Crippen molar-refractivity contribution < 1.29 is 13.9 Å². The second kappa shape index (κ2) is 8.61. The third kappa shape index (κ3) is 5.20. The lowest BCUT2D eigenvalue weighted by Gasteiger charge is -2.10. The maximum Gasteiger partial charge on any atom is 0.141 e. The monoisotopic (exact) mass is 323 g/mol. The molecule has 0 aliphatic heterocycles. The molecule has 2 aromatic carbocycles. The van der Waals surface area contributed by atoms with E-state index >= 15 is 0 Å². The van der Waals surface area contributed by atoms with Crippen molar-refractivity contribution in [3.63, 3.8) is 0 Å². The van der Waals surface area contributed by atoms with E-state index in [0.717, 1.165) is 17.0 Å². The lowest BCUT2D eigenvalue weighted by molar-refractivity contribution is 0.110. The van der Waals surface area contributed by atoms with Gasteiger partial charge in [0.05, 0.1) is 11.6 Å². The summed E-state index contributed by atoms with van der Waals surface area (Å²) in [5.41, 5.74) is 1.84. The van der Waals surface area contributed by atoms with Gasteiger partial charge in [-0.2, -0.15) is 0 Å². The molecule has 0 aliphatic carbocycles. The van der Waals surface area contributed by atoms with E-state index < -0.39 is 5.82 Å². The molecule has 0 saturated carbocycles. The van der Waals surface area contributed by atoms with Gasteiger partial charge in [-0.1, -0.05) is 23.7 Å². The highest BCUT2D eigenvalue weighted by Gasteiger charge is 2.02. The van der Waals surface area contributed by atoms with Crippen molar-refractivity contribution in [2.75, 3.05) is 25.1 Å². The summed E-state index contributed by atoms with van der Waals surface area (Å²) < 4.78 is 23.9.